The van der Waals surface area contributed by atoms with Crippen LogP contribution in [-0.2, 0) is 4.74 Å². The van der Waals surface area contributed by atoms with Crippen molar-refractivity contribution in [2.24, 2.45) is 0 Å². The zero-order valence-electron chi connectivity index (χ0n) is 19.2. The number of alkyl halides is 2. The van der Waals surface area contributed by atoms with Crippen molar-refractivity contribution in [3.8, 4) is 17.2 Å². The lowest BCUT2D eigenvalue weighted by Gasteiger charge is -2.45. The number of pyridine rings is 1. The molecule has 1 aliphatic carbocycles. The summed E-state index contributed by atoms with van der Waals surface area (Å²) in [4.78, 5) is 11.0. The maximum Gasteiger partial charge on any atom is 0.283 e. The van der Waals surface area contributed by atoms with Crippen LogP contribution in [0, 0.1) is 18.3 Å². The highest BCUT2D eigenvalue weighted by molar-refractivity contribution is 6.31. The predicted molar refractivity (Wildman–Crippen MR) is 129 cm³/mol. The van der Waals surface area contributed by atoms with Crippen LogP contribution in [0.1, 0.15) is 36.2 Å². The van der Waals surface area contributed by atoms with Crippen LogP contribution in [0.15, 0.2) is 30.5 Å². The number of nitriles is 1. The molecule has 36 heavy (non-hydrogen) atoms. The second kappa shape index (κ2) is 8.62. The molecular formula is C25H21ClF2N6O2. The van der Waals surface area contributed by atoms with Crippen LogP contribution in [0.25, 0.3) is 27.7 Å². The molecule has 0 amide bonds. The molecule has 0 atom stereocenters. The molecule has 4 aromatic rings. The Kier molecular flexibility index (Phi) is 5.52. The van der Waals surface area contributed by atoms with Gasteiger partial charge in [0.25, 0.3) is 6.43 Å². The number of rotatable bonds is 5. The normalized spacial score (nSPS) is 20.1. The molecule has 1 saturated heterocycles. The number of nitrogens with zero attached hydrogens (tertiary/aromatic N) is 6. The number of aliphatic hydroxyl groups excluding tert-OH is 1. The van der Waals surface area contributed by atoms with Gasteiger partial charge in [0.2, 0.25) is 0 Å². The number of anilines is 1. The molecule has 1 aliphatic heterocycles. The van der Waals surface area contributed by atoms with Gasteiger partial charge in [-0.3, -0.25) is 4.98 Å². The lowest BCUT2D eigenvalue weighted by atomic mass is 9.92. The second-order valence-electron chi connectivity index (χ2n) is 9.23. The van der Waals surface area contributed by atoms with Gasteiger partial charge in [-0.2, -0.15) is 14.9 Å². The lowest BCUT2D eigenvalue weighted by molar-refractivity contribution is -0.110. The number of halogens is 3. The minimum atomic E-state index is -2.92. The predicted octanol–water partition coefficient (Wildman–Crippen LogP) is 4.44. The topological polar surface area (TPSA) is 99.6 Å². The molecule has 184 valence electrons. The van der Waals surface area contributed by atoms with Crippen LogP contribution >= 0.6 is 11.6 Å². The monoisotopic (exact) mass is 510 g/mol. The molecule has 4 heterocycles. The number of aromatic nitrogens is 4. The van der Waals surface area contributed by atoms with Crippen molar-refractivity contribution in [1.82, 2.24) is 19.6 Å². The van der Waals surface area contributed by atoms with E-state index in [-0.39, 0.29) is 29.5 Å². The van der Waals surface area contributed by atoms with Crippen LogP contribution in [0.3, 0.4) is 0 Å². The number of hydrogen-bond donors (Lipinski definition) is 1. The van der Waals surface area contributed by atoms with Gasteiger partial charge in [0.05, 0.1) is 29.5 Å². The van der Waals surface area contributed by atoms with E-state index in [2.05, 4.69) is 15.1 Å². The first-order chi connectivity index (χ1) is 17.3. The zero-order valence-corrected chi connectivity index (χ0v) is 20.0. The van der Waals surface area contributed by atoms with E-state index in [1.807, 2.05) is 23.1 Å². The van der Waals surface area contributed by atoms with Crippen molar-refractivity contribution in [3.63, 3.8) is 0 Å². The summed E-state index contributed by atoms with van der Waals surface area (Å²) < 4.78 is 35.0. The first-order valence-electron chi connectivity index (χ1n) is 11.6. The number of fused-ring (bicyclic) bond motifs is 2. The fourth-order valence-electron chi connectivity index (χ4n) is 4.98. The molecule has 2 fully saturated rings. The Balaban J connectivity index is 1.52. The molecule has 11 heteroatoms. The van der Waals surface area contributed by atoms with E-state index in [4.69, 9.17) is 16.3 Å². The average Bonchev–Trinajstić information content (AvgIpc) is 3.17. The van der Waals surface area contributed by atoms with Crippen LogP contribution in [-0.4, -0.2) is 56.1 Å². The molecular weight excluding hydrogens is 490 g/mol. The maximum atomic E-state index is 13.8. The molecule has 0 unspecified atom stereocenters. The van der Waals surface area contributed by atoms with Gasteiger partial charge in [0.15, 0.2) is 5.65 Å². The van der Waals surface area contributed by atoms with E-state index >= 15 is 0 Å². The molecule has 1 aromatic carbocycles. The number of aliphatic hydroxyl groups is 1. The van der Waals surface area contributed by atoms with Gasteiger partial charge in [0.1, 0.15) is 23.1 Å². The van der Waals surface area contributed by atoms with Crippen LogP contribution in [0.2, 0.25) is 5.02 Å². The van der Waals surface area contributed by atoms with E-state index in [1.165, 1.54) is 4.52 Å². The van der Waals surface area contributed by atoms with Gasteiger partial charge in [-0.25, -0.2) is 13.8 Å². The Hall–Kier alpha value is -3.39. The molecule has 2 aliphatic rings. The number of ether oxygens (including phenoxy) is 1. The quantitative estimate of drug-likeness (QED) is 0.423. The Bertz CT molecular complexity index is 1540. The Morgan fingerprint density at radius 2 is 2.00 bits per heavy atom. The summed E-state index contributed by atoms with van der Waals surface area (Å²) in [6.07, 6.45) is -0.357. The van der Waals surface area contributed by atoms with Crippen molar-refractivity contribution in [2.75, 3.05) is 18.0 Å². The molecule has 0 bridgehead atoms. The fraction of sp³-hybridized carbons (Fsp3) is 0.360. The van der Waals surface area contributed by atoms with Gasteiger partial charge in [-0.15, -0.1) is 0 Å². The third-order valence-electron chi connectivity index (χ3n) is 6.84. The average molecular weight is 511 g/mol. The minimum absolute atomic E-state index is 0.0278. The van der Waals surface area contributed by atoms with Gasteiger partial charge >= 0.3 is 0 Å². The molecule has 1 N–H and O–H groups in total. The van der Waals surface area contributed by atoms with Gasteiger partial charge in [-0.1, -0.05) is 17.7 Å². The van der Waals surface area contributed by atoms with Crippen LogP contribution < -0.4 is 4.90 Å². The fourth-order valence-corrected chi connectivity index (χ4v) is 5.15. The molecule has 0 spiro atoms. The highest BCUT2D eigenvalue weighted by Gasteiger charge is 2.38. The largest absolute Gasteiger partial charge is 0.393 e. The number of hydrogen-bond acceptors (Lipinski definition) is 7. The number of aryl methyl sites for hydroxylation is 1. The summed E-state index contributed by atoms with van der Waals surface area (Å²) in [5.74, 6) is 0.567. The summed E-state index contributed by atoms with van der Waals surface area (Å²) in [5, 5.41) is 24.7. The second-order valence-corrected chi connectivity index (χ2v) is 9.67. The summed E-state index contributed by atoms with van der Waals surface area (Å²) in [6, 6.07) is 9.11. The first kappa shape index (κ1) is 23.0. The smallest absolute Gasteiger partial charge is 0.283 e. The summed E-state index contributed by atoms with van der Waals surface area (Å²) >= 11 is 6.18. The maximum absolute atomic E-state index is 13.8. The van der Waals surface area contributed by atoms with Crippen molar-refractivity contribution in [1.29, 1.82) is 5.26 Å². The summed E-state index contributed by atoms with van der Waals surface area (Å²) in [5.41, 5.74) is 2.04. The molecule has 0 radical (unpaired) electrons. The van der Waals surface area contributed by atoms with E-state index < -0.39 is 12.1 Å². The van der Waals surface area contributed by atoms with Crippen LogP contribution in [0.5, 0.6) is 0 Å². The van der Waals surface area contributed by atoms with E-state index in [0.717, 1.165) is 10.9 Å². The summed E-state index contributed by atoms with van der Waals surface area (Å²) in [7, 11) is 0. The standard InChI is InChI=1S/C25H21ClF2N6O2/c1-12-21(18-4-5-30-20-6-13(26)2-3-17(18)20)25(33-10-16(11-33)36-15-7-14(35)8-15)34-24(31-12)19(9-29)22(32-34)23(27)28/h2-6,14-16,23,35H,7-8,10-11H2,1H3. The lowest BCUT2D eigenvalue weighted by Crippen LogP contribution is -2.56. The highest BCUT2D eigenvalue weighted by atomic mass is 35.5. The van der Waals surface area contributed by atoms with Crippen molar-refractivity contribution in [3.05, 3.63) is 52.4 Å². The Morgan fingerprint density at radius 3 is 2.69 bits per heavy atom. The van der Waals surface area contributed by atoms with Crippen molar-refractivity contribution >= 4 is 34.0 Å². The number of benzene rings is 1. The molecule has 1 saturated carbocycles. The van der Waals surface area contributed by atoms with Gasteiger partial charge < -0.3 is 14.7 Å². The van der Waals surface area contributed by atoms with Gasteiger partial charge in [0, 0.05) is 35.3 Å². The highest BCUT2D eigenvalue weighted by Crippen LogP contribution is 2.41. The Morgan fingerprint density at radius 1 is 1.22 bits per heavy atom. The van der Waals surface area contributed by atoms with E-state index in [1.54, 1.807) is 25.3 Å². The third kappa shape index (κ3) is 3.66. The molecule has 3 aromatic heterocycles. The van der Waals surface area contributed by atoms with Crippen molar-refractivity contribution < 1.29 is 18.6 Å². The van der Waals surface area contributed by atoms with E-state index in [9.17, 15) is 19.1 Å². The molecule has 8 nitrogen and oxygen atoms in total. The van der Waals surface area contributed by atoms with Crippen molar-refractivity contribution in [2.45, 2.75) is 44.5 Å². The summed E-state index contributed by atoms with van der Waals surface area (Å²) in [6.45, 7) is 2.82. The van der Waals surface area contributed by atoms with Gasteiger partial charge in [-0.05, 0) is 43.5 Å². The Labute approximate surface area is 209 Å². The minimum Gasteiger partial charge on any atom is -0.393 e. The molecule has 6 rings (SSSR count). The first-order valence-corrected chi connectivity index (χ1v) is 12.0. The third-order valence-corrected chi connectivity index (χ3v) is 7.08. The van der Waals surface area contributed by atoms with Crippen LogP contribution in [0.4, 0.5) is 14.6 Å². The zero-order chi connectivity index (χ0) is 25.1. The SMILES string of the molecule is Cc1nc2c(C#N)c(C(F)F)nn2c(N2CC(OC3CC(O)C3)C2)c1-c1ccnc2cc(Cl)ccc12. The van der Waals surface area contributed by atoms with E-state index in [0.29, 0.717) is 53.5 Å².